The van der Waals surface area contributed by atoms with Gasteiger partial charge >= 0.3 is 0 Å². The molecule has 0 unspecified atom stereocenters. The highest BCUT2D eigenvalue weighted by Crippen LogP contribution is 2.44. The molecule has 1 fully saturated rings. The molecule has 2 rings (SSSR count). The second kappa shape index (κ2) is 9.83. The van der Waals surface area contributed by atoms with E-state index in [9.17, 15) is 9.59 Å². The first-order valence-electron chi connectivity index (χ1n) is 9.63. The number of nitrogens with one attached hydrogen (secondary N) is 1. The van der Waals surface area contributed by atoms with Crippen LogP contribution in [-0.4, -0.2) is 11.0 Å². The molecular formula is C22H29NO2S. The van der Waals surface area contributed by atoms with E-state index in [0.29, 0.717) is 16.5 Å². The van der Waals surface area contributed by atoms with E-state index in [-0.39, 0.29) is 16.4 Å². The van der Waals surface area contributed by atoms with E-state index in [4.69, 9.17) is 6.42 Å². The summed E-state index contributed by atoms with van der Waals surface area (Å²) in [5, 5.41) is 2.77. The largest absolute Gasteiger partial charge is 0.325 e. The zero-order valence-electron chi connectivity index (χ0n) is 15.8. The van der Waals surface area contributed by atoms with Crippen LogP contribution in [0.4, 0.5) is 5.69 Å². The fourth-order valence-electron chi connectivity index (χ4n) is 3.93. The van der Waals surface area contributed by atoms with Crippen LogP contribution in [0.15, 0.2) is 29.2 Å². The van der Waals surface area contributed by atoms with Gasteiger partial charge in [-0.2, -0.15) is 0 Å². The maximum Gasteiger partial charge on any atom is 0.267 e. The molecule has 3 nitrogen and oxygen atoms in total. The number of rotatable bonds is 7. The average molecular weight is 372 g/mol. The van der Waals surface area contributed by atoms with Gasteiger partial charge in [-0.25, -0.2) is 0 Å². The van der Waals surface area contributed by atoms with E-state index in [1.165, 1.54) is 6.42 Å². The summed E-state index contributed by atoms with van der Waals surface area (Å²) >= 11 is 0.991. The Morgan fingerprint density at radius 3 is 2.46 bits per heavy atom. The zero-order valence-corrected chi connectivity index (χ0v) is 16.7. The highest BCUT2D eigenvalue weighted by molar-refractivity contribution is 8.14. The lowest BCUT2D eigenvalue weighted by Crippen LogP contribution is -2.39. The molecule has 140 valence electrons. The Kier molecular flexibility index (Phi) is 7.78. The molecule has 0 aromatic heterocycles. The van der Waals surface area contributed by atoms with Crippen molar-refractivity contribution in [1.29, 1.82) is 0 Å². The van der Waals surface area contributed by atoms with Crippen LogP contribution in [-0.2, 0) is 9.59 Å². The molecule has 0 heterocycles. The molecule has 26 heavy (non-hydrogen) atoms. The molecule has 1 N–H and O–H groups in total. The average Bonchev–Trinajstić information content (AvgIpc) is 2.68. The van der Waals surface area contributed by atoms with Crippen LogP contribution in [0.25, 0.3) is 0 Å². The van der Waals surface area contributed by atoms with Gasteiger partial charge in [-0.15, -0.1) is 6.42 Å². The number of benzene rings is 1. The van der Waals surface area contributed by atoms with Gasteiger partial charge in [-0.1, -0.05) is 58.1 Å². The van der Waals surface area contributed by atoms with Gasteiger partial charge in [-0.05, 0) is 55.0 Å². The fourth-order valence-corrected chi connectivity index (χ4v) is 4.56. The van der Waals surface area contributed by atoms with Crippen LogP contribution in [0.1, 0.15) is 65.2 Å². The van der Waals surface area contributed by atoms with Crippen LogP contribution >= 0.6 is 11.8 Å². The molecular weight excluding hydrogens is 342 g/mol. The van der Waals surface area contributed by atoms with Crippen molar-refractivity contribution in [2.24, 2.45) is 11.3 Å². The number of thioether (sulfide) groups is 1. The van der Waals surface area contributed by atoms with Gasteiger partial charge in [0.2, 0.25) is 5.91 Å². The standard InChI is InChI=1S/C22H29NO2S/c1-4-17(5-2)16-22(14-10-7-11-15-22)21(25)23-18-12-8-9-13-19(18)26-20(24)6-3/h3,8-9,12-13,17H,4-5,7,10-11,14-16H2,1-2H3,(H,23,25). The second-order valence-electron chi connectivity index (χ2n) is 7.21. The molecule has 1 aliphatic rings. The third-order valence-corrected chi connectivity index (χ3v) is 6.46. The quantitative estimate of drug-likeness (QED) is 0.497. The lowest BCUT2D eigenvalue weighted by Gasteiger charge is -2.38. The molecule has 1 aliphatic carbocycles. The molecule has 1 aromatic carbocycles. The summed E-state index contributed by atoms with van der Waals surface area (Å²) < 4.78 is 0. The van der Waals surface area contributed by atoms with Crippen LogP contribution in [0, 0.1) is 23.7 Å². The third-order valence-electron chi connectivity index (χ3n) is 5.58. The molecule has 0 saturated heterocycles. The van der Waals surface area contributed by atoms with Gasteiger partial charge in [0, 0.05) is 10.3 Å². The summed E-state index contributed by atoms with van der Waals surface area (Å²) in [6, 6.07) is 7.39. The molecule has 0 atom stereocenters. The van der Waals surface area contributed by atoms with Crippen molar-refractivity contribution in [2.45, 2.75) is 70.1 Å². The Hall–Kier alpha value is -1.73. The van der Waals surface area contributed by atoms with Crippen molar-refractivity contribution in [2.75, 3.05) is 5.32 Å². The van der Waals surface area contributed by atoms with E-state index >= 15 is 0 Å². The summed E-state index contributed by atoms with van der Waals surface area (Å²) in [7, 11) is 0. The van der Waals surface area contributed by atoms with Crippen molar-refractivity contribution in [1.82, 2.24) is 0 Å². The Labute approximate surface area is 161 Å². The van der Waals surface area contributed by atoms with Crippen molar-refractivity contribution in [3.8, 4) is 12.3 Å². The van der Waals surface area contributed by atoms with Gasteiger partial charge in [0.25, 0.3) is 5.12 Å². The first-order chi connectivity index (χ1) is 12.5. The number of carbonyl (C=O) groups is 2. The van der Waals surface area contributed by atoms with Crippen LogP contribution in [0.2, 0.25) is 0 Å². The Bertz CT molecular complexity index is 667. The molecule has 1 saturated carbocycles. The van der Waals surface area contributed by atoms with E-state index in [1.54, 1.807) is 0 Å². The summed E-state index contributed by atoms with van der Waals surface area (Å²) in [4.78, 5) is 25.6. The van der Waals surface area contributed by atoms with Crippen molar-refractivity contribution in [3.63, 3.8) is 0 Å². The summed E-state index contributed by atoms with van der Waals surface area (Å²) in [5.74, 6) is 2.80. The SMILES string of the molecule is C#CC(=O)Sc1ccccc1NC(=O)C1(CC(CC)CC)CCCCC1. The van der Waals surface area contributed by atoms with E-state index in [0.717, 1.165) is 56.7 Å². The number of terminal acetylenes is 1. The van der Waals surface area contributed by atoms with Crippen molar-refractivity contribution < 1.29 is 9.59 Å². The van der Waals surface area contributed by atoms with Gasteiger partial charge in [0.05, 0.1) is 5.69 Å². The maximum absolute atomic E-state index is 13.3. The van der Waals surface area contributed by atoms with E-state index in [2.05, 4.69) is 25.1 Å². The lowest BCUT2D eigenvalue weighted by molar-refractivity contribution is -0.128. The molecule has 4 heteroatoms. The van der Waals surface area contributed by atoms with Gasteiger partial charge in [-0.3, -0.25) is 9.59 Å². The first-order valence-corrected chi connectivity index (χ1v) is 10.4. The number of para-hydroxylation sites is 1. The number of hydrogen-bond acceptors (Lipinski definition) is 3. The monoisotopic (exact) mass is 371 g/mol. The minimum Gasteiger partial charge on any atom is -0.325 e. The zero-order chi connectivity index (χ0) is 19.0. The smallest absolute Gasteiger partial charge is 0.267 e. The predicted octanol–water partition coefficient (Wildman–Crippen LogP) is 5.65. The Morgan fingerprint density at radius 2 is 1.85 bits per heavy atom. The molecule has 1 aromatic rings. The van der Waals surface area contributed by atoms with E-state index < -0.39 is 0 Å². The molecule has 0 aliphatic heterocycles. The molecule has 0 spiro atoms. The van der Waals surface area contributed by atoms with Gasteiger partial charge in [0.1, 0.15) is 0 Å². The number of carbonyl (C=O) groups excluding carboxylic acids is 2. The maximum atomic E-state index is 13.3. The topological polar surface area (TPSA) is 46.2 Å². The summed E-state index contributed by atoms with van der Waals surface area (Å²) in [6.07, 6.45) is 13.7. The van der Waals surface area contributed by atoms with Crippen molar-refractivity contribution in [3.05, 3.63) is 24.3 Å². The van der Waals surface area contributed by atoms with Crippen LogP contribution in [0.5, 0.6) is 0 Å². The second-order valence-corrected chi connectivity index (χ2v) is 8.23. The lowest BCUT2D eigenvalue weighted by atomic mass is 9.67. The van der Waals surface area contributed by atoms with Crippen LogP contribution in [0.3, 0.4) is 0 Å². The summed E-state index contributed by atoms with van der Waals surface area (Å²) in [6.45, 7) is 4.42. The Balaban J connectivity index is 2.22. The fraction of sp³-hybridized carbons (Fsp3) is 0.545. The number of hydrogen-bond donors (Lipinski definition) is 1. The normalized spacial score (nSPS) is 16.1. The minimum absolute atomic E-state index is 0.102. The molecule has 0 bridgehead atoms. The van der Waals surface area contributed by atoms with Crippen molar-refractivity contribution >= 4 is 28.5 Å². The Morgan fingerprint density at radius 1 is 1.19 bits per heavy atom. The number of amides is 1. The van der Waals surface area contributed by atoms with E-state index in [1.807, 2.05) is 24.3 Å². The van der Waals surface area contributed by atoms with Crippen LogP contribution < -0.4 is 5.32 Å². The highest BCUT2D eigenvalue weighted by Gasteiger charge is 2.40. The highest BCUT2D eigenvalue weighted by atomic mass is 32.2. The van der Waals surface area contributed by atoms with Gasteiger partial charge < -0.3 is 5.32 Å². The third kappa shape index (κ3) is 5.14. The molecule has 1 amide bonds. The minimum atomic E-state index is -0.351. The first kappa shape index (κ1) is 20.6. The summed E-state index contributed by atoms with van der Waals surface area (Å²) in [5.41, 5.74) is 0.392. The molecule has 0 radical (unpaired) electrons. The van der Waals surface area contributed by atoms with Gasteiger partial charge in [0.15, 0.2) is 0 Å². The number of anilines is 1. The predicted molar refractivity (Wildman–Crippen MR) is 109 cm³/mol.